The van der Waals surface area contributed by atoms with Crippen molar-refractivity contribution in [3.8, 4) is 5.95 Å². The van der Waals surface area contributed by atoms with Gasteiger partial charge < -0.3 is 10.2 Å². The van der Waals surface area contributed by atoms with E-state index < -0.39 is 0 Å². The lowest BCUT2D eigenvalue weighted by Crippen LogP contribution is -2.23. The summed E-state index contributed by atoms with van der Waals surface area (Å²) in [7, 11) is 0. The summed E-state index contributed by atoms with van der Waals surface area (Å²) in [6.45, 7) is 7.21. The summed E-state index contributed by atoms with van der Waals surface area (Å²) in [5, 5.41) is 7.45. The molecule has 3 heterocycles. The van der Waals surface area contributed by atoms with Crippen LogP contribution in [0.15, 0.2) is 18.5 Å². The molecule has 0 aromatic carbocycles. The summed E-state index contributed by atoms with van der Waals surface area (Å²) in [4.78, 5) is 15.8. The minimum absolute atomic E-state index is 0.558. The average Bonchev–Trinajstić information content (AvgIpc) is 3.16. The summed E-state index contributed by atoms with van der Waals surface area (Å²) in [5.74, 6) is 2.59. The highest BCUT2D eigenvalue weighted by atomic mass is 15.4. The first-order valence-electron chi connectivity index (χ1n) is 7.51. The average molecular weight is 287 g/mol. The third-order valence-electron chi connectivity index (χ3n) is 3.56. The Kier molecular flexibility index (Phi) is 3.98. The molecule has 7 heteroatoms. The van der Waals surface area contributed by atoms with E-state index in [0.717, 1.165) is 32.0 Å². The van der Waals surface area contributed by atoms with E-state index in [-0.39, 0.29) is 0 Å². The molecule has 2 aromatic heterocycles. The first-order valence-corrected chi connectivity index (χ1v) is 7.51. The molecule has 0 saturated carbocycles. The highest BCUT2D eigenvalue weighted by Crippen LogP contribution is 2.21. The van der Waals surface area contributed by atoms with Crippen LogP contribution in [0.2, 0.25) is 0 Å². The van der Waals surface area contributed by atoms with Gasteiger partial charge in [-0.05, 0) is 24.8 Å². The van der Waals surface area contributed by atoms with E-state index in [1.165, 1.54) is 6.42 Å². The number of rotatable bonds is 5. The smallest absolute Gasteiger partial charge is 0.257 e. The Balaban J connectivity index is 1.92. The zero-order valence-electron chi connectivity index (χ0n) is 12.5. The third kappa shape index (κ3) is 3.12. The van der Waals surface area contributed by atoms with Crippen LogP contribution < -0.4 is 10.2 Å². The molecule has 1 saturated heterocycles. The number of hydrogen-bond acceptors (Lipinski definition) is 6. The monoisotopic (exact) mass is 287 g/mol. The predicted molar refractivity (Wildman–Crippen MR) is 81.7 cm³/mol. The van der Waals surface area contributed by atoms with Crippen LogP contribution in [-0.2, 0) is 0 Å². The summed E-state index contributed by atoms with van der Waals surface area (Å²) >= 11 is 0. The Hall–Kier alpha value is -2.18. The van der Waals surface area contributed by atoms with Crippen LogP contribution in [0.3, 0.4) is 0 Å². The van der Waals surface area contributed by atoms with Crippen molar-refractivity contribution in [2.45, 2.75) is 26.7 Å². The van der Waals surface area contributed by atoms with Gasteiger partial charge in [0.05, 0.1) is 0 Å². The van der Waals surface area contributed by atoms with Gasteiger partial charge in [-0.15, -0.1) is 0 Å². The third-order valence-corrected chi connectivity index (χ3v) is 3.56. The molecule has 1 N–H and O–H groups in total. The van der Waals surface area contributed by atoms with Crippen molar-refractivity contribution in [3.05, 3.63) is 18.5 Å². The Morgan fingerprint density at radius 1 is 1.29 bits per heavy atom. The lowest BCUT2D eigenvalue weighted by atomic mass is 10.2. The SMILES string of the molecule is CCCNc1nc(N2CCC(C)C2)nc(-n2cccn2)n1. The van der Waals surface area contributed by atoms with Crippen LogP contribution in [0.25, 0.3) is 5.95 Å². The van der Waals surface area contributed by atoms with Gasteiger partial charge in [0, 0.05) is 32.0 Å². The molecule has 7 nitrogen and oxygen atoms in total. The Labute approximate surface area is 124 Å². The molecular weight excluding hydrogens is 266 g/mol. The molecule has 2 aromatic rings. The van der Waals surface area contributed by atoms with E-state index in [2.05, 4.69) is 44.1 Å². The number of anilines is 2. The zero-order chi connectivity index (χ0) is 14.7. The summed E-state index contributed by atoms with van der Waals surface area (Å²) < 4.78 is 1.67. The second kappa shape index (κ2) is 6.07. The van der Waals surface area contributed by atoms with Gasteiger partial charge in [-0.3, -0.25) is 0 Å². The number of hydrogen-bond donors (Lipinski definition) is 1. The summed E-state index contributed by atoms with van der Waals surface area (Å²) in [6.07, 6.45) is 5.77. The van der Waals surface area contributed by atoms with Crippen LogP contribution in [0.4, 0.5) is 11.9 Å². The molecule has 112 valence electrons. The van der Waals surface area contributed by atoms with E-state index in [1.54, 1.807) is 10.9 Å². The molecular formula is C14H21N7. The molecule has 0 amide bonds. The highest BCUT2D eigenvalue weighted by Gasteiger charge is 2.22. The standard InChI is InChI=1S/C14H21N7/c1-3-6-15-12-17-13(20-9-5-11(2)10-20)19-14(18-12)21-8-4-7-16-21/h4,7-8,11H,3,5-6,9-10H2,1-2H3,(H,15,17,18,19). The van der Waals surface area contributed by atoms with E-state index in [9.17, 15) is 0 Å². The van der Waals surface area contributed by atoms with Gasteiger partial charge in [0.25, 0.3) is 5.95 Å². The number of nitrogens with one attached hydrogen (secondary N) is 1. The van der Waals surface area contributed by atoms with Crippen LogP contribution in [0, 0.1) is 5.92 Å². The molecule has 3 rings (SSSR count). The van der Waals surface area contributed by atoms with Crippen LogP contribution in [0.1, 0.15) is 26.7 Å². The largest absolute Gasteiger partial charge is 0.354 e. The van der Waals surface area contributed by atoms with Crippen LogP contribution in [-0.4, -0.2) is 44.4 Å². The van der Waals surface area contributed by atoms with Crippen molar-refractivity contribution < 1.29 is 0 Å². The van der Waals surface area contributed by atoms with Crippen molar-refractivity contribution in [2.24, 2.45) is 5.92 Å². The first kappa shape index (κ1) is 13.8. The van der Waals surface area contributed by atoms with Gasteiger partial charge >= 0.3 is 0 Å². The summed E-state index contributed by atoms with van der Waals surface area (Å²) in [5.41, 5.74) is 0. The molecule has 1 fully saturated rings. The van der Waals surface area contributed by atoms with Gasteiger partial charge in [0.15, 0.2) is 0 Å². The van der Waals surface area contributed by atoms with Crippen molar-refractivity contribution in [2.75, 3.05) is 29.9 Å². The first-order chi connectivity index (χ1) is 10.3. The minimum Gasteiger partial charge on any atom is -0.354 e. The van der Waals surface area contributed by atoms with Gasteiger partial charge in [-0.2, -0.15) is 20.1 Å². The molecule has 1 atom stereocenters. The molecule has 21 heavy (non-hydrogen) atoms. The predicted octanol–water partition coefficient (Wildman–Crippen LogP) is 1.73. The number of nitrogens with zero attached hydrogens (tertiary/aromatic N) is 6. The van der Waals surface area contributed by atoms with Crippen LogP contribution in [0.5, 0.6) is 0 Å². The fourth-order valence-electron chi connectivity index (χ4n) is 2.42. The van der Waals surface area contributed by atoms with Crippen molar-refractivity contribution in [1.29, 1.82) is 0 Å². The van der Waals surface area contributed by atoms with Crippen molar-refractivity contribution in [1.82, 2.24) is 24.7 Å². The fourth-order valence-corrected chi connectivity index (χ4v) is 2.42. The molecule has 1 unspecified atom stereocenters. The Morgan fingerprint density at radius 2 is 2.14 bits per heavy atom. The van der Waals surface area contributed by atoms with Gasteiger partial charge in [0.1, 0.15) is 0 Å². The van der Waals surface area contributed by atoms with Gasteiger partial charge in [0.2, 0.25) is 11.9 Å². The molecule has 1 aliphatic rings. The van der Waals surface area contributed by atoms with E-state index in [0.29, 0.717) is 17.8 Å². The van der Waals surface area contributed by atoms with Crippen molar-refractivity contribution >= 4 is 11.9 Å². The van der Waals surface area contributed by atoms with Gasteiger partial charge in [-0.1, -0.05) is 13.8 Å². The van der Waals surface area contributed by atoms with Crippen molar-refractivity contribution in [3.63, 3.8) is 0 Å². The van der Waals surface area contributed by atoms with E-state index in [4.69, 9.17) is 0 Å². The molecule has 0 radical (unpaired) electrons. The normalized spacial score (nSPS) is 18.2. The van der Waals surface area contributed by atoms with E-state index in [1.807, 2.05) is 12.3 Å². The minimum atomic E-state index is 0.558. The fraction of sp³-hybridized carbons (Fsp3) is 0.571. The number of aromatic nitrogens is 5. The topological polar surface area (TPSA) is 71.8 Å². The second-order valence-electron chi connectivity index (χ2n) is 5.48. The highest BCUT2D eigenvalue weighted by molar-refractivity contribution is 5.40. The zero-order valence-corrected chi connectivity index (χ0v) is 12.5. The maximum atomic E-state index is 4.56. The van der Waals surface area contributed by atoms with E-state index >= 15 is 0 Å². The maximum Gasteiger partial charge on any atom is 0.257 e. The molecule has 0 spiro atoms. The van der Waals surface area contributed by atoms with Gasteiger partial charge in [-0.25, -0.2) is 4.68 Å². The van der Waals surface area contributed by atoms with Crippen LogP contribution >= 0.6 is 0 Å². The molecule has 0 aliphatic carbocycles. The Morgan fingerprint density at radius 3 is 2.81 bits per heavy atom. The Bertz CT molecular complexity index is 581. The maximum absolute atomic E-state index is 4.56. The lowest BCUT2D eigenvalue weighted by Gasteiger charge is -2.17. The lowest BCUT2D eigenvalue weighted by molar-refractivity contribution is 0.657. The molecule has 1 aliphatic heterocycles. The quantitative estimate of drug-likeness (QED) is 0.903. The second-order valence-corrected chi connectivity index (χ2v) is 5.48. The molecule has 0 bridgehead atoms. The summed E-state index contributed by atoms with van der Waals surface area (Å²) in [6, 6.07) is 1.86.